The molecule has 0 saturated carbocycles. The van der Waals surface area contributed by atoms with E-state index in [-0.39, 0.29) is 9.41 Å². The molecule has 0 spiro atoms. The van der Waals surface area contributed by atoms with Crippen LogP contribution in [-0.2, 0) is 20.9 Å². The van der Waals surface area contributed by atoms with Gasteiger partial charge in [0.15, 0.2) is 0 Å². The zero-order valence-corrected chi connectivity index (χ0v) is 22.2. The standard InChI is InChI=1S/2C11H11.C4H11Si.2FH.Zr/c2*1-2-9-7-10-5-3-4-6-11(10)8-9;1-3-5-4-2;;;/h2*3-8H,2H2,1H3;5H,3-4H2,1-2H3;2*1H;/q;;;;;+2/p-2. The largest absolute Gasteiger partial charge is 1.00 e. The van der Waals surface area contributed by atoms with Crippen LogP contribution in [-0.4, -0.2) is 5.92 Å². The van der Waals surface area contributed by atoms with E-state index in [1.165, 1.54) is 36.1 Å². The zero-order valence-electron chi connectivity index (χ0n) is 18.6. The van der Waals surface area contributed by atoms with Gasteiger partial charge < -0.3 is 9.41 Å². The number of benzene rings is 2. The molecule has 0 aromatic heterocycles. The second kappa shape index (κ2) is 11.0. The summed E-state index contributed by atoms with van der Waals surface area (Å²) in [6.07, 6.45) is 7.57. The average molecular weight is 503 g/mol. The number of hydrogen-bond donors (Lipinski definition) is 0. The molecule has 0 saturated heterocycles. The van der Waals surface area contributed by atoms with Crippen LogP contribution in [0.5, 0.6) is 0 Å². The van der Waals surface area contributed by atoms with E-state index in [9.17, 15) is 0 Å². The molecule has 0 fully saturated rings. The molecule has 2 aliphatic carbocycles. The molecule has 2 atom stereocenters. The first-order chi connectivity index (χ1) is 13.7. The quantitative estimate of drug-likeness (QED) is 0.503. The molecule has 4 heteroatoms. The first kappa shape index (κ1) is 25.1. The van der Waals surface area contributed by atoms with Crippen LogP contribution in [0.25, 0.3) is 12.2 Å². The maximum atomic E-state index is 2.56. The fraction of sp³-hybridized carbons (Fsp3) is 0.385. The second-order valence-electron chi connectivity index (χ2n) is 8.28. The SMILES string of the molecule is CCC1=Cc2ccccc2[CH]1[Zr+2]([CH]1C(CC)=Cc2ccccc21)[SiH](CC)CC.[F-].[F-]. The molecular formula is C26H33F2SiZr. The minimum atomic E-state index is -1.85. The third-order valence-electron chi connectivity index (χ3n) is 6.98. The first-order valence-corrected chi connectivity index (χ1v) is 20.5. The molecule has 2 aromatic rings. The van der Waals surface area contributed by atoms with Crippen molar-refractivity contribution >= 4 is 18.1 Å². The molecule has 0 aliphatic heterocycles. The molecule has 2 unspecified atom stereocenters. The van der Waals surface area contributed by atoms with Crippen LogP contribution in [0, 0.1) is 0 Å². The smallest absolute Gasteiger partial charge is 1.00 e. The molecule has 0 heterocycles. The van der Waals surface area contributed by atoms with Crippen molar-refractivity contribution in [3.8, 4) is 0 Å². The van der Waals surface area contributed by atoms with Crippen LogP contribution in [0.1, 0.15) is 70.0 Å². The van der Waals surface area contributed by atoms with Gasteiger partial charge in [-0.05, 0) is 0 Å². The van der Waals surface area contributed by atoms with Crippen LogP contribution in [0.4, 0.5) is 0 Å². The molecule has 0 bridgehead atoms. The Hall–Kier alpha value is -1.12. The summed E-state index contributed by atoms with van der Waals surface area (Å²) < 4.78 is 1.62. The number of rotatable bonds is 7. The van der Waals surface area contributed by atoms with Gasteiger partial charge in [0.25, 0.3) is 0 Å². The van der Waals surface area contributed by atoms with Crippen LogP contribution in [0.15, 0.2) is 59.7 Å². The molecule has 159 valence electrons. The molecule has 2 aromatic carbocycles. The summed E-state index contributed by atoms with van der Waals surface area (Å²) in [6, 6.07) is 21.6. The topological polar surface area (TPSA) is 0 Å². The van der Waals surface area contributed by atoms with Gasteiger partial charge >= 0.3 is 181 Å². The molecule has 30 heavy (non-hydrogen) atoms. The third kappa shape index (κ3) is 4.28. The van der Waals surface area contributed by atoms with Crippen molar-refractivity contribution in [3.63, 3.8) is 0 Å². The van der Waals surface area contributed by atoms with Gasteiger partial charge in [-0.1, -0.05) is 0 Å². The zero-order chi connectivity index (χ0) is 19.7. The summed E-state index contributed by atoms with van der Waals surface area (Å²) in [5.41, 5.74) is 9.94. The van der Waals surface area contributed by atoms with Crippen LogP contribution in [0.2, 0.25) is 12.1 Å². The van der Waals surface area contributed by atoms with Crippen molar-refractivity contribution in [2.24, 2.45) is 0 Å². The second-order valence-corrected chi connectivity index (χ2v) is 26.6. The minimum Gasteiger partial charge on any atom is -1.00 e. The summed E-state index contributed by atoms with van der Waals surface area (Å²) in [5, 5.41) is 0. The van der Waals surface area contributed by atoms with Crippen molar-refractivity contribution in [1.29, 1.82) is 0 Å². The van der Waals surface area contributed by atoms with E-state index in [2.05, 4.69) is 88.4 Å². The van der Waals surface area contributed by atoms with Crippen molar-refractivity contribution in [2.45, 2.75) is 59.9 Å². The monoisotopic (exact) mass is 501 g/mol. The van der Waals surface area contributed by atoms with E-state index >= 15 is 0 Å². The Morgan fingerprint density at radius 2 is 1.07 bits per heavy atom. The molecule has 0 nitrogen and oxygen atoms in total. The van der Waals surface area contributed by atoms with Crippen molar-refractivity contribution in [1.82, 2.24) is 0 Å². The van der Waals surface area contributed by atoms with Gasteiger partial charge in [-0.3, -0.25) is 0 Å². The fourth-order valence-electron chi connectivity index (χ4n) is 5.57. The average Bonchev–Trinajstić information content (AvgIpc) is 3.30. The third-order valence-corrected chi connectivity index (χ3v) is 33.4. The van der Waals surface area contributed by atoms with Gasteiger partial charge in [0, 0.05) is 0 Å². The summed E-state index contributed by atoms with van der Waals surface area (Å²) in [5.74, 6) is -0.721. The maximum absolute atomic E-state index is 2.56. The molecule has 0 radical (unpaired) electrons. The number of halogens is 2. The Morgan fingerprint density at radius 3 is 1.43 bits per heavy atom. The molecule has 2 aliphatic rings. The molecule has 0 N–H and O–H groups in total. The molecule has 0 amide bonds. The van der Waals surface area contributed by atoms with Gasteiger partial charge in [0.05, 0.1) is 0 Å². The summed E-state index contributed by atoms with van der Waals surface area (Å²) in [6.45, 7) is 9.79. The molecular weight excluding hydrogens is 470 g/mol. The summed E-state index contributed by atoms with van der Waals surface area (Å²) in [7, 11) is 0. The Bertz CT molecular complexity index is 847. The first-order valence-electron chi connectivity index (χ1n) is 11.2. The fourth-order valence-corrected chi connectivity index (χ4v) is 34.0. The summed E-state index contributed by atoms with van der Waals surface area (Å²) in [4.78, 5) is 0. The van der Waals surface area contributed by atoms with Crippen LogP contribution in [0.3, 0.4) is 0 Å². The normalized spacial score (nSPS) is 18.7. The van der Waals surface area contributed by atoms with E-state index in [1.807, 2.05) is 0 Å². The van der Waals surface area contributed by atoms with Crippen molar-refractivity contribution < 1.29 is 30.3 Å². The molecule has 4 rings (SSSR count). The van der Waals surface area contributed by atoms with Gasteiger partial charge in [-0.15, -0.1) is 0 Å². The summed E-state index contributed by atoms with van der Waals surface area (Å²) >= 11 is -1.85. The van der Waals surface area contributed by atoms with Gasteiger partial charge in [-0.2, -0.15) is 0 Å². The van der Waals surface area contributed by atoms with Crippen LogP contribution < -0.4 is 9.41 Å². The van der Waals surface area contributed by atoms with Crippen molar-refractivity contribution in [2.75, 3.05) is 0 Å². The minimum absolute atomic E-state index is 0. The van der Waals surface area contributed by atoms with Gasteiger partial charge in [0.1, 0.15) is 0 Å². The number of allylic oxidation sites excluding steroid dienone is 2. The maximum Gasteiger partial charge on any atom is -1.00 e. The predicted molar refractivity (Wildman–Crippen MR) is 123 cm³/mol. The predicted octanol–water partition coefficient (Wildman–Crippen LogP) is 1.47. The number of fused-ring (bicyclic) bond motifs is 2. The number of hydrogen-bond acceptors (Lipinski definition) is 0. The van der Waals surface area contributed by atoms with E-state index < -0.39 is 26.8 Å². The Labute approximate surface area is 189 Å². The van der Waals surface area contributed by atoms with E-state index in [1.54, 1.807) is 22.3 Å². The van der Waals surface area contributed by atoms with E-state index in [0.29, 0.717) is 0 Å². The van der Waals surface area contributed by atoms with Crippen molar-refractivity contribution in [3.05, 3.63) is 81.9 Å². The Kier molecular flexibility index (Phi) is 9.18. The van der Waals surface area contributed by atoms with E-state index in [4.69, 9.17) is 0 Å². The van der Waals surface area contributed by atoms with E-state index in [0.717, 1.165) is 7.25 Å². The Balaban J connectivity index is 0.00000160. The van der Waals surface area contributed by atoms with Gasteiger partial charge in [-0.25, -0.2) is 0 Å². The van der Waals surface area contributed by atoms with Gasteiger partial charge in [0.2, 0.25) is 0 Å². The van der Waals surface area contributed by atoms with Crippen LogP contribution >= 0.6 is 0 Å². The Morgan fingerprint density at radius 1 is 0.667 bits per heavy atom.